The van der Waals surface area contributed by atoms with Crippen LogP contribution in [0.2, 0.25) is 0 Å². The molecule has 1 aliphatic rings. The summed E-state index contributed by atoms with van der Waals surface area (Å²) in [5, 5.41) is 0. The van der Waals surface area contributed by atoms with Gasteiger partial charge in [-0.2, -0.15) is 0 Å². The second-order valence-electron chi connectivity index (χ2n) is 15.0. The molecule has 312 valence electrons. The molecule has 0 aromatic heterocycles. The van der Waals surface area contributed by atoms with Crippen molar-refractivity contribution in [1.82, 2.24) is 9.80 Å². The summed E-state index contributed by atoms with van der Waals surface area (Å²) >= 11 is 0. The first kappa shape index (κ1) is 44.1. The van der Waals surface area contributed by atoms with Gasteiger partial charge in [-0.25, -0.2) is 0 Å². The number of hydrogen-bond acceptors (Lipinski definition) is 6. The highest BCUT2D eigenvalue weighted by Crippen LogP contribution is 2.46. The molecule has 4 aromatic carbocycles. The number of ether oxygens (including phenoxy) is 4. The summed E-state index contributed by atoms with van der Waals surface area (Å²) in [6, 6.07) is 24.7. The molecule has 58 heavy (non-hydrogen) atoms. The molecule has 8 heteroatoms. The van der Waals surface area contributed by atoms with Crippen LogP contribution in [-0.2, 0) is 22.4 Å². The number of hydrogen-bond donors (Lipinski definition) is 0. The van der Waals surface area contributed by atoms with Crippen molar-refractivity contribution in [3.05, 3.63) is 117 Å². The van der Waals surface area contributed by atoms with Crippen LogP contribution >= 0.6 is 0 Å². The van der Waals surface area contributed by atoms with E-state index in [-0.39, 0.29) is 11.8 Å². The zero-order chi connectivity index (χ0) is 41.6. The van der Waals surface area contributed by atoms with Crippen LogP contribution in [0, 0.1) is 0 Å². The molecule has 0 N–H and O–H groups in total. The van der Waals surface area contributed by atoms with E-state index in [0.29, 0.717) is 88.4 Å². The molecule has 0 heterocycles. The third kappa shape index (κ3) is 9.65. The second-order valence-corrected chi connectivity index (χ2v) is 15.0. The number of likely N-dealkylation sites (N-methyl/N-ethyl adjacent to an activating group) is 2. The quantitative estimate of drug-likeness (QED) is 0.0999. The fourth-order valence-corrected chi connectivity index (χ4v) is 8.12. The molecule has 0 unspecified atom stereocenters. The van der Waals surface area contributed by atoms with Gasteiger partial charge in [0.25, 0.3) is 0 Å². The molecule has 2 amide bonds. The number of carbonyl (C=O) groups is 2. The Morgan fingerprint density at radius 2 is 0.672 bits per heavy atom. The standard InChI is InChI=1S/C50H66N2O6/c1-9-29-55-45-35-21-17-25-39(45)43(49(53)51(13-5)14-6)40-26-19-23-37(47(40)57-31-11-3)34-38-24-20-28-42(48(38)58-32-12-4)44(50(54)52(15-7)16-8)41-27-18-22-36(33-35)46(41)56-30-10-2/h17-28,43-44H,9-16,29-34H2,1-8H3. The van der Waals surface area contributed by atoms with Crippen molar-refractivity contribution in [2.24, 2.45) is 0 Å². The number of amides is 2. The Labute approximate surface area is 347 Å². The van der Waals surface area contributed by atoms with Gasteiger partial charge >= 0.3 is 0 Å². The Morgan fingerprint density at radius 1 is 0.431 bits per heavy atom. The van der Waals surface area contributed by atoms with Gasteiger partial charge in [0.1, 0.15) is 23.0 Å². The van der Waals surface area contributed by atoms with E-state index in [1.807, 2.05) is 86.0 Å². The summed E-state index contributed by atoms with van der Waals surface area (Å²) in [6.07, 6.45) is 4.15. The molecule has 0 atom stereocenters. The average Bonchev–Trinajstić information content (AvgIpc) is 3.23. The van der Waals surface area contributed by atoms with Crippen LogP contribution in [0.1, 0.15) is 137 Å². The first-order valence-corrected chi connectivity index (χ1v) is 21.9. The fourth-order valence-electron chi connectivity index (χ4n) is 8.12. The van der Waals surface area contributed by atoms with E-state index in [2.05, 4.69) is 52.0 Å². The van der Waals surface area contributed by atoms with Gasteiger partial charge < -0.3 is 28.7 Å². The average molecular weight is 791 g/mol. The molecule has 1 aliphatic carbocycles. The smallest absolute Gasteiger partial charge is 0.234 e. The lowest BCUT2D eigenvalue weighted by Gasteiger charge is -2.31. The normalized spacial score (nSPS) is 14.7. The van der Waals surface area contributed by atoms with Gasteiger partial charge in [0.15, 0.2) is 0 Å². The van der Waals surface area contributed by atoms with Crippen LogP contribution in [0.3, 0.4) is 0 Å². The molecule has 8 bridgehead atoms. The molecule has 4 aromatic rings. The zero-order valence-corrected chi connectivity index (χ0v) is 36.3. The van der Waals surface area contributed by atoms with Crippen LogP contribution in [0.5, 0.6) is 23.0 Å². The zero-order valence-electron chi connectivity index (χ0n) is 36.3. The van der Waals surface area contributed by atoms with Crippen LogP contribution in [0.4, 0.5) is 0 Å². The fraction of sp³-hybridized carbons (Fsp3) is 0.480. The molecule has 0 saturated heterocycles. The molecular formula is C50H66N2O6. The number of benzene rings is 4. The summed E-state index contributed by atoms with van der Waals surface area (Å²) < 4.78 is 27.0. The molecule has 0 radical (unpaired) electrons. The van der Waals surface area contributed by atoms with E-state index in [4.69, 9.17) is 18.9 Å². The van der Waals surface area contributed by atoms with Crippen molar-refractivity contribution in [2.45, 2.75) is 106 Å². The summed E-state index contributed by atoms with van der Waals surface area (Å²) in [4.78, 5) is 33.9. The Balaban J connectivity index is 1.96. The second kappa shape index (κ2) is 21.7. The summed E-state index contributed by atoms with van der Waals surface area (Å²) in [6.45, 7) is 20.8. The van der Waals surface area contributed by atoms with E-state index in [0.717, 1.165) is 70.2 Å². The molecule has 0 saturated carbocycles. The predicted octanol–water partition coefficient (Wildman–Crippen LogP) is 10.3. The number of fused-ring (bicyclic) bond motifs is 8. The van der Waals surface area contributed by atoms with Gasteiger partial charge in [0.05, 0.1) is 38.3 Å². The summed E-state index contributed by atoms with van der Waals surface area (Å²) in [5.41, 5.74) is 7.02. The van der Waals surface area contributed by atoms with E-state index in [1.54, 1.807) is 0 Å². The minimum Gasteiger partial charge on any atom is -0.493 e. The minimum absolute atomic E-state index is 0.00352. The van der Waals surface area contributed by atoms with E-state index in [1.165, 1.54) is 0 Å². The Kier molecular flexibility index (Phi) is 16.5. The maximum Gasteiger partial charge on any atom is 0.234 e. The Morgan fingerprint density at radius 3 is 0.879 bits per heavy atom. The predicted molar refractivity (Wildman–Crippen MR) is 234 cm³/mol. The molecule has 8 nitrogen and oxygen atoms in total. The molecule has 0 spiro atoms. The highest BCUT2D eigenvalue weighted by atomic mass is 16.5. The van der Waals surface area contributed by atoms with Gasteiger partial charge in [0.2, 0.25) is 11.8 Å². The topological polar surface area (TPSA) is 77.5 Å². The Bertz CT molecular complexity index is 1710. The molecule has 0 aliphatic heterocycles. The highest BCUT2D eigenvalue weighted by molar-refractivity contribution is 5.90. The molecule has 5 rings (SSSR count). The third-order valence-corrected chi connectivity index (χ3v) is 11.0. The van der Waals surface area contributed by atoms with E-state index < -0.39 is 11.8 Å². The van der Waals surface area contributed by atoms with Crippen LogP contribution in [0.25, 0.3) is 0 Å². The van der Waals surface area contributed by atoms with Crippen LogP contribution < -0.4 is 18.9 Å². The number of para-hydroxylation sites is 4. The SMILES string of the molecule is CCCOc1c2cccc1C(C(=O)N(CC)CC)c1cccc(c1OCCC)Cc1cccc(c1OCCC)C(C(=O)N(CC)CC)c1cccc(c1OCCC)C2. The third-order valence-electron chi connectivity index (χ3n) is 11.0. The first-order valence-electron chi connectivity index (χ1n) is 21.9. The lowest BCUT2D eigenvalue weighted by molar-refractivity contribution is -0.132. The largest absolute Gasteiger partial charge is 0.493 e. The van der Waals surface area contributed by atoms with Gasteiger partial charge in [-0.3, -0.25) is 9.59 Å². The maximum atomic E-state index is 15.0. The molecule has 0 fully saturated rings. The lowest BCUT2D eigenvalue weighted by Crippen LogP contribution is -2.36. The van der Waals surface area contributed by atoms with Crippen molar-refractivity contribution >= 4 is 11.8 Å². The van der Waals surface area contributed by atoms with Gasteiger partial charge in [0, 0.05) is 61.3 Å². The van der Waals surface area contributed by atoms with Crippen molar-refractivity contribution in [1.29, 1.82) is 0 Å². The number of carbonyl (C=O) groups excluding carboxylic acids is 2. The van der Waals surface area contributed by atoms with Gasteiger partial charge in [-0.05, 0) is 75.6 Å². The van der Waals surface area contributed by atoms with E-state index in [9.17, 15) is 0 Å². The van der Waals surface area contributed by atoms with Gasteiger partial charge in [-0.1, -0.05) is 100 Å². The monoisotopic (exact) mass is 790 g/mol. The van der Waals surface area contributed by atoms with Crippen LogP contribution in [0.15, 0.2) is 72.8 Å². The van der Waals surface area contributed by atoms with Crippen molar-refractivity contribution in [3.8, 4) is 23.0 Å². The van der Waals surface area contributed by atoms with E-state index >= 15 is 9.59 Å². The summed E-state index contributed by atoms with van der Waals surface area (Å²) in [5.74, 6) is 1.45. The molecular weight excluding hydrogens is 725 g/mol. The first-order chi connectivity index (χ1) is 28.3. The van der Waals surface area contributed by atoms with Crippen molar-refractivity contribution in [2.75, 3.05) is 52.6 Å². The minimum atomic E-state index is -0.688. The van der Waals surface area contributed by atoms with Crippen molar-refractivity contribution in [3.63, 3.8) is 0 Å². The summed E-state index contributed by atoms with van der Waals surface area (Å²) in [7, 11) is 0. The lowest BCUT2D eigenvalue weighted by atomic mass is 9.82. The van der Waals surface area contributed by atoms with Gasteiger partial charge in [-0.15, -0.1) is 0 Å². The van der Waals surface area contributed by atoms with Crippen LogP contribution in [-0.4, -0.2) is 74.2 Å². The maximum absolute atomic E-state index is 15.0. The number of rotatable bonds is 18. The number of nitrogens with zero attached hydrogens (tertiary/aromatic N) is 2. The Hall–Kier alpha value is -4.98. The van der Waals surface area contributed by atoms with Crippen molar-refractivity contribution < 1.29 is 28.5 Å². The highest BCUT2D eigenvalue weighted by Gasteiger charge is 2.36.